The van der Waals surface area contributed by atoms with Gasteiger partial charge in [-0.2, -0.15) is 5.10 Å². The van der Waals surface area contributed by atoms with Crippen LogP contribution >= 0.6 is 15.9 Å². The monoisotopic (exact) mass is 294 g/mol. The van der Waals surface area contributed by atoms with Crippen LogP contribution in [0.25, 0.3) is 0 Å². The van der Waals surface area contributed by atoms with Gasteiger partial charge in [-0.05, 0) is 40.5 Å². The first-order valence-corrected chi connectivity index (χ1v) is 6.39. The maximum atomic E-state index is 5.75. The Morgan fingerprint density at radius 2 is 2.12 bits per heavy atom. The van der Waals surface area contributed by atoms with Gasteiger partial charge in [-0.3, -0.25) is 4.68 Å². The molecule has 0 bridgehead atoms. The van der Waals surface area contributed by atoms with E-state index in [0.717, 1.165) is 28.0 Å². The van der Waals surface area contributed by atoms with Gasteiger partial charge in [0.05, 0.1) is 15.9 Å². The van der Waals surface area contributed by atoms with E-state index in [9.17, 15) is 0 Å². The number of hydrogen-bond acceptors (Lipinski definition) is 2. The van der Waals surface area contributed by atoms with Gasteiger partial charge in [0.2, 0.25) is 0 Å². The average Bonchev–Trinajstić information content (AvgIpc) is 2.69. The van der Waals surface area contributed by atoms with Crippen molar-refractivity contribution in [3.8, 4) is 5.75 Å². The molecule has 3 nitrogen and oxygen atoms in total. The van der Waals surface area contributed by atoms with Crippen LogP contribution in [0.4, 0.5) is 0 Å². The molecule has 4 heteroatoms. The van der Waals surface area contributed by atoms with Gasteiger partial charge in [0, 0.05) is 7.05 Å². The third-order valence-corrected chi connectivity index (χ3v) is 3.26. The lowest BCUT2D eigenvalue weighted by Crippen LogP contribution is -2.03. The number of ether oxygens (including phenoxy) is 1. The molecule has 0 saturated heterocycles. The highest BCUT2D eigenvalue weighted by atomic mass is 79.9. The van der Waals surface area contributed by atoms with Crippen molar-refractivity contribution in [2.75, 3.05) is 0 Å². The van der Waals surface area contributed by atoms with Crippen LogP contribution in [0.1, 0.15) is 18.3 Å². The lowest BCUT2D eigenvalue weighted by molar-refractivity contribution is 0.293. The predicted molar refractivity (Wildman–Crippen MR) is 71.1 cm³/mol. The summed E-state index contributed by atoms with van der Waals surface area (Å²) in [5, 5.41) is 4.39. The summed E-state index contributed by atoms with van der Waals surface area (Å²) in [5.74, 6) is 0.853. The molecule has 0 aliphatic carbocycles. The Hall–Kier alpha value is -1.29. The summed E-state index contributed by atoms with van der Waals surface area (Å²) in [6.07, 6.45) is 0.947. The Labute approximate surface area is 110 Å². The Morgan fingerprint density at radius 1 is 1.35 bits per heavy atom. The summed E-state index contributed by atoms with van der Waals surface area (Å²) in [4.78, 5) is 0. The molecule has 0 aliphatic rings. The summed E-state index contributed by atoms with van der Waals surface area (Å²) in [6.45, 7) is 2.63. The van der Waals surface area contributed by atoms with Gasteiger partial charge in [0.1, 0.15) is 12.4 Å². The number of nitrogens with zero attached hydrogens (tertiary/aromatic N) is 2. The lowest BCUT2D eigenvalue weighted by Gasteiger charge is -2.07. The number of para-hydroxylation sites is 1. The molecule has 0 saturated carbocycles. The smallest absolute Gasteiger partial charge is 0.134 e. The van der Waals surface area contributed by atoms with Crippen molar-refractivity contribution >= 4 is 15.9 Å². The Kier molecular flexibility index (Phi) is 3.84. The molecule has 1 heterocycles. The second-order valence-corrected chi connectivity index (χ2v) is 4.68. The highest BCUT2D eigenvalue weighted by molar-refractivity contribution is 9.10. The molecule has 0 amide bonds. The van der Waals surface area contributed by atoms with Gasteiger partial charge in [-0.15, -0.1) is 0 Å². The quantitative estimate of drug-likeness (QED) is 0.865. The zero-order valence-corrected chi connectivity index (χ0v) is 11.6. The largest absolute Gasteiger partial charge is 0.486 e. The fourth-order valence-electron chi connectivity index (χ4n) is 1.59. The normalized spacial score (nSPS) is 10.5. The molecule has 0 atom stereocenters. The number of halogens is 1. The van der Waals surface area contributed by atoms with E-state index in [0.29, 0.717) is 6.61 Å². The minimum absolute atomic E-state index is 0.534. The standard InChI is InChI=1S/C13H15BrN2O/c1-3-10-8-11(16(2)15-10)9-17-13-7-5-4-6-12(13)14/h4-8H,3,9H2,1-2H3. The van der Waals surface area contributed by atoms with Crippen LogP contribution in [0.5, 0.6) is 5.75 Å². The molecule has 17 heavy (non-hydrogen) atoms. The topological polar surface area (TPSA) is 27.1 Å². The van der Waals surface area contributed by atoms with Crippen molar-refractivity contribution < 1.29 is 4.74 Å². The van der Waals surface area contributed by atoms with E-state index in [4.69, 9.17) is 4.74 Å². The Morgan fingerprint density at radius 3 is 2.76 bits per heavy atom. The van der Waals surface area contributed by atoms with Crippen LogP contribution in [0, 0.1) is 0 Å². The molecule has 0 radical (unpaired) electrons. The number of hydrogen-bond donors (Lipinski definition) is 0. The van der Waals surface area contributed by atoms with Gasteiger partial charge < -0.3 is 4.74 Å². The predicted octanol–water partition coefficient (Wildman–Crippen LogP) is 3.32. The highest BCUT2D eigenvalue weighted by Crippen LogP contribution is 2.24. The third-order valence-electron chi connectivity index (χ3n) is 2.60. The molecule has 0 unspecified atom stereocenters. The summed E-state index contributed by atoms with van der Waals surface area (Å²) in [5.41, 5.74) is 2.18. The van der Waals surface area contributed by atoms with Gasteiger partial charge in [0.25, 0.3) is 0 Å². The zero-order valence-electron chi connectivity index (χ0n) is 9.98. The van der Waals surface area contributed by atoms with Gasteiger partial charge in [-0.1, -0.05) is 19.1 Å². The van der Waals surface area contributed by atoms with Crippen LogP contribution in [0.2, 0.25) is 0 Å². The van der Waals surface area contributed by atoms with Crippen LogP contribution in [-0.4, -0.2) is 9.78 Å². The first-order chi connectivity index (χ1) is 8.20. The molecule has 0 fully saturated rings. The molecule has 0 aliphatic heterocycles. The maximum absolute atomic E-state index is 5.75. The third kappa shape index (κ3) is 2.88. The number of rotatable bonds is 4. The van der Waals surface area contributed by atoms with E-state index in [1.165, 1.54) is 0 Å². The molecule has 2 rings (SSSR count). The number of benzene rings is 1. The van der Waals surface area contributed by atoms with Gasteiger partial charge >= 0.3 is 0 Å². The van der Waals surface area contributed by atoms with Gasteiger partial charge in [-0.25, -0.2) is 0 Å². The van der Waals surface area contributed by atoms with Crippen molar-refractivity contribution in [3.05, 3.63) is 46.2 Å². The van der Waals surface area contributed by atoms with E-state index >= 15 is 0 Å². The molecule has 1 aromatic carbocycles. The molecular formula is C13H15BrN2O. The molecular weight excluding hydrogens is 280 g/mol. The zero-order chi connectivity index (χ0) is 12.3. The lowest BCUT2D eigenvalue weighted by atomic mass is 10.3. The molecule has 0 N–H and O–H groups in total. The van der Waals surface area contributed by atoms with Crippen molar-refractivity contribution in [1.82, 2.24) is 9.78 Å². The van der Waals surface area contributed by atoms with Crippen LogP contribution < -0.4 is 4.74 Å². The summed E-state index contributed by atoms with van der Waals surface area (Å²) >= 11 is 3.46. The highest BCUT2D eigenvalue weighted by Gasteiger charge is 2.05. The first-order valence-electron chi connectivity index (χ1n) is 5.60. The summed E-state index contributed by atoms with van der Waals surface area (Å²) in [7, 11) is 1.94. The van der Waals surface area contributed by atoms with Crippen molar-refractivity contribution in [2.45, 2.75) is 20.0 Å². The maximum Gasteiger partial charge on any atom is 0.134 e. The first kappa shape index (κ1) is 12.2. The molecule has 2 aromatic rings. The minimum Gasteiger partial charge on any atom is -0.486 e. The Bertz CT molecular complexity index is 508. The number of aromatic nitrogens is 2. The van der Waals surface area contributed by atoms with Crippen molar-refractivity contribution in [3.63, 3.8) is 0 Å². The molecule has 1 aromatic heterocycles. The van der Waals surface area contributed by atoms with E-state index in [2.05, 4.69) is 34.0 Å². The van der Waals surface area contributed by atoms with Crippen molar-refractivity contribution in [2.24, 2.45) is 7.05 Å². The van der Waals surface area contributed by atoms with Gasteiger partial charge in [0.15, 0.2) is 0 Å². The Balaban J connectivity index is 2.07. The molecule has 90 valence electrons. The average molecular weight is 295 g/mol. The summed E-state index contributed by atoms with van der Waals surface area (Å²) < 4.78 is 8.59. The van der Waals surface area contributed by atoms with Crippen LogP contribution in [-0.2, 0) is 20.1 Å². The summed E-state index contributed by atoms with van der Waals surface area (Å²) in [6, 6.07) is 9.92. The SMILES string of the molecule is CCc1cc(COc2ccccc2Br)n(C)n1. The van der Waals surface area contributed by atoms with E-state index in [1.807, 2.05) is 36.0 Å². The second-order valence-electron chi connectivity index (χ2n) is 3.82. The van der Waals surface area contributed by atoms with E-state index in [-0.39, 0.29) is 0 Å². The van der Waals surface area contributed by atoms with E-state index in [1.54, 1.807) is 0 Å². The second kappa shape index (κ2) is 5.36. The van der Waals surface area contributed by atoms with Crippen LogP contribution in [0.15, 0.2) is 34.8 Å². The minimum atomic E-state index is 0.534. The fraction of sp³-hybridized carbons (Fsp3) is 0.308. The van der Waals surface area contributed by atoms with Crippen molar-refractivity contribution in [1.29, 1.82) is 0 Å². The fourth-order valence-corrected chi connectivity index (χ4v) is 1.99. The molecule has 0 spiro atoms. The van der Waals surface area contributed by atoms with Crippen LogP contribution in [0.3, 0.4) is 0 Å². The number of aryl methyl sites for hydroxylation is 2. The van der Waals surface area contributed by atoms with E-state index < -0.39 is 0 Å².